The summed E-state index contributed by atoms with van der Waals surface area (Å²) in [5.74, 6) is -0.649. The normalized spacial score (nSPS) is 20.1. The minimum atomic E-state index is -1.36. The molecule has 0 radical (unpaired) electrons. The standard InChI is InChI=1S/C27H31N3O3/c1-4-16-29(23-12-8-9-13-23)24(31)18-30-25(32)27(28-26(30)33,21-10-6-5-7-11-21)22-15-14-19(2)20(3)17-22/h5-7,10-12,14-15,17H,4,8-9,13,16,18H2,1-3H3,(H,28,33)/t27-/m1/s1. The zero-order chi connectivity index (χ0) is 23.6. The van der Waals surface area contributed by atoms with E-state index in [0.717, 1.165) is 47.4 Å². The maximum absolute atomic E-state index is 13.9. The fourth-order valence-corrected chi connectivity index (χ4v) is 4.71. The van der Waals surface area contributed by atoms with Gasteiger partial charge in [-0.1, -0.05) is 61.5 Å². The molecule has 6 nitrogen and oxygen atoms in total. The molecule has 1 saturated heterocycles. The highest BCUT2D eigenvalue weighted by molar-refractivity contribution is 6.11. The van der Waals surface area contributed by atoms with E-state index in [-0.39, 0.29) is 12.5 Å². The van der Waals surface area contributed by atoms with Crippen LogP contribution in [0.15, 0.2) is 60.3 Å². The van der Waals surface area contributed by atoms with Gasteiger partial charge in [0, 0.05) is 12.2 Å². The average Bonchev–Trinajstić information content (AvgIpc) is 3.43. The summed E-state index contributed by atoms with van der Waals surface area (Å²) in [5.41, 5.74) is 3.13. The number of aryl methyl sites for hydroxylation is 2. The van der Waals surface area contributed by atoms with Gasteiger partial charge in [0.2, 0.25) is 5.91 Å². The van der Waals surface area contributed by atoms with Crippen LogP contribution in [0.4, 0.5) is 4.79 Å². The van der Waals surface area contributed by atoms with Gasteiger partial charge in [-0.25, -0.2) is 4.79 Å². The number of nitrogens with one attached hydrogen (secondary N) is 1. The Kier molecular flexibility index (Phi) is 6.36. The Labute approximate surface area is 195 Å². The van der Waals surface area contributed by atoms with E-state index < -0.39 is 17.5 Å². The minimum absolute atomic E-state index is 0.225. The first-order valence-electron chi connectivity index (χ1n) is 11.6. The smallest absolute Gasteiger partial charge is 0.315 e. The Morgan fingerprint density at radius 1 is 1.06 bits per heavy atom. The van der Waals surface area contributed by atoms with Crippen molar-refractivity contribution >= 4 is 17.8 Å². The number of nitrogens with zero attached hydrogens (tertiary/aromatic N) is 2. The van der Waals surface area contributed by atoms with Gasteiger partial charge in [0.1, 0.15) is 6.54 Å². The lowest BCUT2D eigenvalue weighted by atomic mass is 9.81. The number of imide groups is 1. The molecule has 0 spiro atoms. The fourth-order valence-electron chi connectivity index (χ4n) is 4.71. The second-order valence-electron chi connectivity index (χ2n) is 8.87. The van der Waals surface area contributed by atoms with Gasteiger partial charge in [-0.15, -0.1) is 0 Å². The summed E-state index contributed by atoms with van der Waals surface area (Å²) in [7, 11) is 0. The number of urea groups is 1. The number of carbonyl (C=O) groups is 3. The summed E-state index contributed by atoms with van der Waals surface area (Å²) in [4.78, 5) is 43.1. The first-order chi connectivity index (χ1) is 15.9. The highest BCUT2D eigenvalue weighted by Crippen LogP contribution is 2.37. The van der Waals surface area contributed by atoms with Crippen molar-refractivity contribution in [2.24, 2.45) is 0 Å². The molecule has 33 heavy (non-hydrogen) atoms. The molecule has 1 aliphatic heterocycles. The van der Waals surface area contributed by atoms with E-state index in [0.29, 0.717) is 17.7 Å². The SMILES string of the molecule is CCCN(C(=O)CN1C(=O)N[C@](c2ccccc2)(c2ccc(C)c(C)c2)C1=O)C1=CCCC1. The highest BCUT2D eigenvalue weighted by atomic mass is 16.2. The zero-order valence-corrected chi connectivity index (χ0v) is 19.6. The van der Waals surface area contributed by atoms with Crippen molar-refractivity contribution in [3.8, 4) is 0 Å². The van der Waals surface area contributed by atoms with Gasteiger partial charge >= 0.3 is 6.03 Å². The molecule has 0 unspecified atom stereocenters. The predicted octanol–water partition coefficient (Wildman–Crippen LogP) is 4.41. The third-order valence-electron chi connectivity index (χ3n) is 6.66. The number of carbonyl (C=O) groups excluding carboxylic acids is 3. The minimum Gasteiger partial charge on any atom is -0.315 e. The van der Waals surface area contributed by atoms with Crippen molar-refractivity contribution in [1.29, 1.82) is 0 Å². The van der Waals surface area contributed by atoms with Crippen LogP contribution in [-0.4, -0.2) is 40.7 Å². The maximum Gasteiger partial charge on any atom is 0.326 e. The third kappa shape index (κ3) is 4.06. The molecule has 1 fully saturated rings. The monoisotopic (exact) mass is 445 g/mol. The summed E-state index contributed by atoms with van der Waals surface area (Å²) in [6.45, 7) is 6.31. The predicted molar refractivity (Wildman–Crippen MR) is 127 cm³/mol. The molecule has 0 saturated carbocycles. The second kappa shape index (κ2) is 9.22. The van der Waals surface area contributed by atoms with Crippen molar-refractivity contribution in [3.05, 3.63) is 82.6 Å². The van der Waals surface area contributed by atoms with Crippen LogP contribution in [0.1, 0.15) is 54.9 Å². The Hall–Kier alpha value is -3.41. The van der Waals surface area contributed by atoms with Crippen LogP contribution in [0, 0.1) is 13.8 Å². The molecule has 2 aromatic rings. The molecule has 2 aromatic carbocycles. The highest BCUT2D eigenvalue weighted by Gasteiger charge is 2.54. The number of amides is 4. The largest absolute Gasteiger partial charge is 0.326 e. The van der Waals surface area contributed by atoms with Gasteiger partial charge in [-0.05, 0) is 61.8 Å². The molecule has 4 amide bonds. The summed E-state index contributed by atoms with van der Waals surface area (Å²) >= 11 is 0. The summed E-state index contributed by atoms with van der Waals surface area (Å²) in [6.07, 6.45) is 5.72. The summed E-state index contributed by atoms with van der Waals surface area (Å²) in [6, 6.07) is 14.5. The van der Waals surface area contributed by atoms with Gasteiger partial charge in [-0.3, -0.25) is 14.5 Å². The third-order valence-corrected chi connectivity index (χ3v) is 6.66. The first-order valence-corrected chi connectivity index (χ1v) is 11.6. The Bertz CT molecular complexity index is 1110. The van der Waals surface area contributed by atoms with E-state index in [9.17, 15) is 14.4 Å². The molecule has 1 heterocycles. The first kappa shape index (κ1) is 22.8. The quantitative estimate of drug-likeness (QED) is 0.642. The molecule has 0 bridgehead atoms. The van der Waals surface area contributed by atoms with Crippen molar-refractivity contribution in [3.63, 3.8) is 0 Å². The topological polar surface area (TPSA) is 69.7 Å². The Balaban J connectivity index is 1.71. The summed E-state index contributed by atoms with van der Waals surface area (Å²) in [5, 5.41) is 2.94. The van der Waals surface area contributed by atoms with E-state index >= 15 is 0 Å². The maximum atomic E-state index is 13.9. The average molecular weight is 446 g/mol. The van der Waals surface area contributed by atoms with E-state index in [1.54, 1.807) is 4.90 Å². The lowest BCUT2D eigenvalue weighted by Crippen LogP contribution is -2.46. The van der Waals surface area contributed by atoms with E-state index in [4.69, 9.17) is 0 Å². The number of benzene rings is 2. The van der Waals surface area contributed by atoms with E-state index in [1.807, 2.05) is 69.3 Å². The molecule has 6 heteroatoms. The second-order valence-corrected chi connectivity index (χ2v) is 8.87. The molecular formula is C27H31N3O3. The van der Waals surface area contributed by atoms with Gasteiger partial charge < -0.3 is 10.2 Å². The fraction of sp³-hybridized carbons (Fsp3) is 0.370. The summed E-state index contributed by atoms with van der Waals surface area (Å²) < 4.78 is 0. The molecule has 1 atom stereocenters. The molecule has 4 rings (SSSR count). The van der Waals surface area contributed by atoms with Crippen LogP contribution < -0.4 is 5.32 Å². The molecule has 2 aliphatic rings. The molecule has 172 valence electrons. The van der Waals surface area contributed by atoms with Crippen LogP contribution in [0.2, 0.25) is 0 Å². The van der Waals surface area contributed by atoms with Gasteiger partial charge in [-0.2, -0.15) is 0 Å². The zero-order valence-electron chi connectivity index (χ0n) is 19.6. The van der Waals surface area contributed by atoms with E-state index in [1.165, 1.54) is 0 Å². The van der Waals surface area contributed by atoms with Crippen molar-refractivity contribution in [2.75, 3.05) is 13.1 Å². The van der Waals surface area contributed by atoms with Crippen LogP contribution in [0.3, 0.4) is 0 Å². The van der Waals surface area contributed by atoms with Crippen molar-refractivity contribution in [2.45, 2.75) is 52.0 Å². The molecule has 0 aromatic heterocycles. The van der Waals surface area contributed by atoms with Gasteiger partial charge in [0.05, 0.1) is 0 Å². The van der Waals surface area contributed by atoms with Gasteiger partial charge in [0.25, 0.3) is 5.91 Å². The number of allylic oxidation sites excluding steroid dienone is 2. The Morgan fingerprint density at radius 2 is 1.82 bits per heavy atom. The Morgan fingerprint density at radius 3 is 2.45 bits per heavy atom. The van der Waals surface area contributed by atoms with Crippen LogP contribution in [-0.2, 0) is 15.1 Å². The van der Waals surface area contributed by atoms with Crippen LogP contribution in [0.5, 0.6) is 0 Å². The lowest BCUT2D eigenvalue weighted by molar-refractivity contribution is -0.137. The molecule has 1 N–H and O–H groups in total. The lowest BCUT2D eigenvalue weighted by Gasteiger charge is -2.29. The van der Waals surface area contributed by atoms with Gasteiger partial charge in [0.15, 0.2) is 5.54 Å². The van der Waals surface area contributed by atoms with Crippen molar-refractivity contribution < 1.29 is 14.4 Å². The number of hydrogen-bond acceptors (Lipinski definition) is 3. The van der Waals surface area contributed by atoms with Crippen LogP contribution in [0.25, 0.3) is 0 Å². The molecule has 1 aliphatic carbocycles. The number of rotatable bonds is 7. The van der Waals surface area contributed by atoms with E-state index in [2.05, 4.69) is 11.4 Å². The number of hydrogen-bond donors (Lipinski definition) is 1. The van der Waals surface area contributed by atoms with Crippen LogP contribution >= 0.6 is 0 Å². The van der Waals surface area contributed by atoms with Crippen molar-refractivity contribution in [1.82, 2.24) is 15.1 Å². The molecular weight excluding hydrogens is 414 g/mol.